The van der Waals surface area contributed by atoms with Crippen LogP contribution in [0.25, 0.3) is 5.95 Å². The van der Waals surface area contributed by atoms with Crippen molar-refractivity contribution in [3.63, 3.8) is 0 Å². The van der Waals surface area contributed by atoms with E-state index >= 15 is 0 Å². The lowest BCUT2D eigenvalue weighted by Crippen LogP contribution is -2.14. The van der Waals surface area contributed by atoms with Gasteiger partial charge in [-0.15, -0.1) is 0 Å². The molecule has 0 fully saturated rings. The average molecular weight is 262 g/mol. The van der Waals surface area contributed by atoms with Crippen molar-refractivity contribution in [2.45, 2.75) is 26.2 Å². The summed E-state index contributed by atoms with van der Waals surface area (Å²) in [6.07, 6.45) is 3.20. The van der Waals surface area contributed by atoms with E-state index in [4.69, 9.17) is 11.6 Å². The van der Waals surface area contributed by atoms with Gasteiger partial charge in [-0.3, -0.25) is 0 Å². The summed E-state index contributed by atoms with van der Waals surface area (Å²) in [6.45, 7) is 5.92. The minimum absolute atomic E-state index is 0.244. The Morgan fingerprint density at radius 2 is 1.89 bits per heavy atom. The van der Waals surface area contributed by atoms with E-state index in [1.54, 1.807) is 18.5 Å². The lowest BCUT2D eigenvalue weighted by Gasteiger charge is -2.14. The van der Waals surface area contributed by atoms with Crippen molar-refractivity contribution in [2.75, 3.05) is 0 Å². The molecule has 0 bridgehead atoms. The van der Waals surface area contributed by atoms with Crippen molar-refractivity contribution in [2.24, 2.45) is 0 Å². The van der Waals surface area contributed by atoms with Crippen molar-refractivity contribution in [3.05, 3.63) is 34.9 Å². The Hall–Kier alpha value is -1.93. The highest BCUT2D eigenvalue weighted by Gasteiger charge is 2.27. The Morgan fingerprint density at radius 3 is 2.33 bits per heavy atom. The molecule has 92 valence electrons. The summed E-state index contributed by atoms with van der Waals surface area (Å²) >= 11 is 6.17. The SMILES string of the molecule is CC(C)(C)c1nn(-c2ncccn2)c(Cl)c1C#N. The third kappa shape index (κ3) is 2.07. The second-order valence-electron chi connectivity index (χ2n) is 4.84. The van der Waals surface area contributed by atoms with Gasteiger partial charge in [0.15, 0.2) is 5.15 Å². The largest absolute Gasteiger partial charge is 0.251 e. The molecule has 2 aromatic heterocycles. The van der Waals surface area contributed by atoms with Gasteiger partial charge in [0.05, 0.1) is 5.69 Å². The zero-order valence-electron chi connectivity index (χ0n) is 10.3. The van der Waals surface area contributed by atoms with Crippen LogP contribution in [0.4, 0.5) is 0 Å². The van der Waals surface area contributed by atoms with Gasteiger partial charge in [-0.05, 0) is 6.07 Å². The van der Waals surface area contributed by atoms with Crippen LogP contribution in [0.1, 0.15) is 32.0 Å². The van der Waals surface area contributed by atoms with Crippen LogP contribution in [-0.2, 0) is 5.41 Å². The molecule has 0 radical (unpaired) electrons. The number of aromatic nitrogens is 4. The highest BCUT2D eigenvalue weighted by atomic mass is 35.5. The molecule has 0 unspecified atom stereocenters. The molecular formula is C12H12ClN5. The second-order valence-corrected chi connectivity index (χ2v) is 5.19. The van der Waals surface area contributed by atoms with Gasteiger partial charge < -0.3 is 0 Å². The molecule has 0 aromatic carbocycles. The Balaban J connectivity index is 2.66. The van der Waals surface area contributed by atoms with E-state index in [1.165, 1.54) is 4.68 Å². The summed E-state index contributed by atoms with van der Waals surface area (Å²) in [6, 6.07) is 3.79. The van der Waals surface area contributed by atoms with E-state index in [-0.39, 0.29) is 10.6 Å². The predicted molar refractivity (Wildman–Crippen MR) is 67.6 cm³/mol. The first-order chi connectivity index (χ1) is 8.45. The van der Waals surface area contributed by atoms with E-state index in [9.17, 15) is 5.26 Å². The normalized spacial score (nSPS) is 11.3. The van der Waals surface area contributed by atoms with Crippen LogP contribution in [0.15, 0.2) is 18.5 Å². The van der Waals surface area contributed by atoms with Gasteiger partial charge in [0.25, 0.3) is 5.95 Å². The third-order valence-corrected chi connectivity index (χ3v) is 2.74. The highest BCUT2D eigenvalue weighted by Crippen LogP contribution is 2.30. The van der Waals surface area contributed by atoms with Crippen molar-refractivity contribution >= 4 is 11.6 Å². The number of rotatable bonds is 1. The van der Waals surface area contributed by atoms with Crippen molar-refractivity contribution in [1.82, 2.24) is 19.7 Å². The van der Waals surface area contributed by atoms with E-state index < -0.39 is 0 Å². The molecule has 0 N–H and O–H groups in total. The summed E-state index contributed by atoms with van der Waals surface area (Å²) in [5.74, 6) is 0.356. The zero-order chi connectivity index (χ0) is 13.3. The van der Waals surface area contributed by atoms with Crippen molar-refractivity contribution in [1.29, 1.82) is 5.26 Å². The van der Waals surface area contributed by atoms with Crippen molar-refractivity contribution < 1.29 is 0 Å². The summed E-state index contributed by atoms with van der Waals surface area (Å²) in [7, 11) is 0. The molecule has 0 saturated carbocycles. The van der Waals surface area contributed by atoms with Gasteiger partial charge in [0.1, 0.15) is 11.6 Å². The lowest BCUT2D eigenvalue weighted by atomic mass is 9.90. The summed E-state index contributed by atoms with van der Waals surface area (Å²) in [4.78, 5) is 8.15. The van der Waals surface area contributed by atoms with Crippen LogP contribution in [0.3, 0.4) is 0 Å². The first kappa shape index (κ1) is 12.5. The highest BCUT2D eigenvalue weighted by molar-refractivity contribution is 6.31. The van der Waals surface area contributed by atoms with E-state index in [1.807, 2.05) is 20.8 Å². The Labute approximate surface area is 110 Å². The van der Waals surface area contributed by atoms with Gasteiger partial charge in [-0.2, -0.15) is 15.0 Å². The molecule has 2 rings (SSSR count). The smallest absolute Gasteiger partial charge is 0.220 e. The predicted octanol–water partition coefficient (Wildman–Crippen LogP) is 2.48. The van der Waals surface area contributed by atoms with Crippen LogP contribution in [-0.4, -0.2) is 19.7 Å². The molecule has 0 aliphatic carbocycles. The van der Waals surface area contributed by atoms with Gasteiger partial charge in [-0.1, -0.05) is 32.4 Å². The Kier molecular flexibility index (Phi) is 3.05. The number of nitriles is 1. The molecule has 0 atom stereocenters. The van der Waals surface area contributed by atoms with Gasteiger partial charge in [0, 0.05) is 17.8 Å². The standard InChI is InChI=1S/C12H12ClN5/c1-12(2,3)9-8(7-14)10(13)18(17-9)11-15-5-4-6-16-11/h4-6H,1-3H3. The molecule has 6 heteroatoms. The lowest BCUT2D eigenvalue weighted by molar-refractivity contribution is 0.557. The Bertz CT molecular complexity index is 604. The number of nitrogens with zero attached hydrogens (tertiary/aromatic N) is 5. The zero-order valence-corrected chi connectivity index (χ0v) is 11.1. The quantitative estimate of drug-likeness (QED) is 0.791. The van der Waals surface area contributed by atoms with Gasteiger partial charge >= 0.3 is 0 Å². The molecule has 18 heavy (non-hydrogen) atoms. The summed E-state index contributed by atoms with van der Waals surface area (Å²) in [5.41, 5.74) is 0.744. The molecular weight excluding hydrogens is 250 g/mol. The van der Waals surface area contributed by atoms with E-state index in [0.29, 0.717) is 17.2 Å². The fourth-order valence-electron chi connectivity index (χ4n) is 1.55. The molecule has 2 aromatic rings. The fourth-order valence-corrected chi connectivity index (χ4v) is 1.80. The molecule has 0 aliphatic rings. The first-order valence-corrected chi connectivity index (χ1v) is 5.79. The van der Waals surface area contributed by atoms with E-state index in [0.717, 1.165) is 0 Å². The number of hydrogen-bond acceptors (Lipinski definition) is 4. The second kappa shape index (κ2) is 4.39. The topological polar surface area (TPSA) is 67.4 Å². The maximum Gasteiger partial charge on any atom is 0.251 e. The summed E-state index contributed by atoms with van der Waals surface area (Å²) < 4.78 is 1.39. The monoisotopic (exact) mass is 261 g/mol. The average Bonchev–Trinajstić information content (AvgIpc) is 2.67. The molecule has 0 saturated heterocycles. The maximum atomic E-state index is 9.19. The van der Waals surface area contributed by atoms with Crippen LogP contribution in [0.2, 0.25) is 5.15 Å². The van der Waals surface area contributed by atoms with Crippen LogP contribution in [0, 0.1) is 11.3 Å². The Morgan fingerprint density at radius 1 is 1.28 bits per heavy atom. The van der Waals surface area contributed by atoms with Crippen LogP contribution in [0.5, 0.6) is 0 Å². The van der Waals surface area contributed by atoms with Gasteiger partial charge in [0.2, 0.25) is 0 Å². The van der Waals surface area contributed by atoms with Gasteiger partial charge in [-0.25, -0.2) is 9.97 Å². The molecule has 0 aliphatic heterocycles. The fraction of sp³-hybridized carbons (Fsp3) is 0.333. The number of halogens is 1. The minimum Gasteiger partial charge on any atom is -0.220 e. The van der Waals surface area contributed by atoms with E-state index in [2.05, 4.69) is 21.1 Å². The molecule has 5 nitrogen and oxygen atoms in total. The van der Waals surface area contributed by atoms with Crippen LogP contribution < -0.4 is 0 Å². The molecule has 0 spiro atoms. The van der Waals surface area contributed by atoms with Crippen molar-refractivity contribution in [3.8, 4) is 12.0 Å². The molecule has 0 amide bonds. The first-order valence-electron chi connectivity index (χ1n) is 5.41. The summed E-state index contributed by atoms with van der Waals surface area (Å²) in [5, 5.41) is 13.8. The number of hydrogen-bond donors (Lipinski definition) is 0. The maximum absolute atomic E-state index is 9.19. The third-order valence-electron chi connectivity index (χ3n) is 2.39. The minimum atomic E-state index is -0.269. The molecule has 2 heterocycles. The van der Waals surface area contributed by atoms with Crippen LogP contribution >= 0.6 is 11.6 Å².